The van der Waals surface area contributed by atoms with Gasteiger partial charge in [-0.2, -0.15) is 13.2 Å². The van der Waals surface area contributed by atoms with Crippen LogP contribution in [-0.4, -0.2) is 35.2 Å². The third-order valence-corrected chi connectivity index (χ3v) is 3.33. The van der Waals surface area contributed by atoms with E-state index in [9.17, 15) is 18.0 Å². The van der Waals surface area contributed by atoms with Crippen molar-refractivity contribution >= 4 is 11.7 Å². The maximum atomic E-state index is 12.3. The number of nitrogens with one attached hydrogen (secondary N) is 1. The minimum absolute atomic E-state index is 0.288. The first-order valence-corrected chi connectivity index (χ1v) is 6.47. The fourth-order valence-corrected chi connectivity index (χ4v) is 2.31. The summed E-state index contributed by atoms with van der Waals surface area (Å²) in [6.45, 7) is 0.708. The summed E-state index contributed by atoms with van der Waals surface area (Å²) in [5, 5.41) is 2.68. The molecule has 1 aromatic heterocycles. The lowest BCUT2D eigenvalue weighted by molar-refractivity contribution is -0.147. The first kappa shape index (κ1) is 14.6. The predicted octanol–water partition coefficient (Wildman–Crippen LogP) is 3.28. The number of aromatic nitrogens is 1. The van der Waals surface area contributed by atoms with Crippen molar-refractivity contribution in [2.75, 3.05) is 18.4 Å². The number of piperidine rings is 1. The van der Waals surface area contributed by atoms with Crippen LogP contribution in [-0.2, 0) is 0 Å². The van der Waals surface area contributed by atoms with Crippen molar-refractivity contribution in [1.82, 2.24) is 9.88 Å². The van der Waals surface area contributed by atoms with Crippen LogP contribution < -0.4 is 5.32 Å². The van der Waals surface area contributed by atoms with Gasteiger partial charge in [0.25, 0.3) is 0 Å². The minimum Gasteiger partial charge on any atom is -0.325 e. The number of amides is 2. The molecule has 4 nitrogen and oxygen atoms in total. The Morgan fingerprint density at radius 2 is 2.10 bits per heavy atom. The Bertz CT molecular complexity index is 442. The molecule has 0 saturated carbocycles. The van der Waals surface area contributed by atoms with Crippen LogP contribution in [0.5, 0.6) is 0 Å². The summed E-state index contributed by atoms with van der Waals surface area (Å²) in [4.78, 5) is 17.3. The van der Waals surface area contributed by atoms with E-state index >= 15 is 0 Å². The van der Waals surface area contributed by atoms with E-state index in [1.54, 1.807) is 23.2 Å². The van der Waals surface area contributed by atoms with Gasteiger partial charge in [-0.3, -0.25) is 4.98 Å². The topological polar surface area (TPSA) is 45.2 Å². The van der Waals surface area contributed by atoms with Crippen molar-refractivity contribution in [3.63, 3.8) is 0 Å². The first-order chi connectivity index (χ1) is 9.44. The molecule has 1 fully saturated rings. The summed E-state index contributed by atoms with van der Waals surface area (Å²) in [7, 11) is 0. The molecule has 0 aliphatic carbocycles. The molecule has 0 spiro atoms. The maximum absolute atomic E-state index is 12.3. The van der Waals surface area contributed by atoms with Gasteiger partial charge in [0.2, 0.25) is 0 Å². The van der Waals surface area contributed by atoms with Crippen LogP contribution in [0.4, 0.5) is 23.7 Å². The van der Waals surface area contributed by atoms with Crippen molar-refractivity contribution in [3.05, 3.63) is 24.5 Å². The highest BCUT2D eigenvalue weighted by atomic mass is 19.4. The molecule has 1 saturated heterocycles. The van der Waals surface area contributed by atoms with E-state index in [1.165, 1.54) is 6.20 Å². The van der Waals surface area contributed by atoms with Crippen molar-refractivity contribution < 1.29 is 18.0 Å². The molecule has 20 heavy (non-hydrogen) atoms. The molecule has 0 unspecified atom stereocenters. The Balaban J connectivity index is 1.80. The second-order valence-electron chi connectivity index (χ2n) is 4.92. The molecule has 1 aliphatic rings. The molecule has 1 N–H and O–H groups in total. The number of alkyl halides is 3. The molecule has 2 rings (SSSR count). The number of anilines is 1. The van der Waals surface area contributed by atoms with E-state index < -0.39 is 12.6 Å². The quantitative estimate of drug-likeness (QED) is 0.907. The lowest BCUT2D eigenvalue weighted by Crippen LogP contribution is -2.41. The average Bonchev–Trinajstić information content (AvgIpc) is 2.39. The number of halogens is 3. The normalized spacial score (nSPS) is 17.1. The number of urea groups is 1. The van der Waals surface area contributed by atoms with E-state index in [1.807, 2.05) is 0 Å². The van der Waals surface area contributed by atoms with E-state index in [-0.39, 0.29) is 11.9 Å². The van der Waals surface area contributed by atoms with Gasteiger partial charge in [-0.1, -0.05) is 0 Å². The molecule has 1 aliphatic heterocycles. The number of carbonyl (C=O) groups excluding carboxylic acids is 1. The summed E-state index contributed by atoms with van der Waals surface area (Å²) in [5.41, 5.74) is 0.579. The number of pyridine rings is 1. The number of nitrogens with zero attached hydrogens (tertiary/aromatic N) is 2. The van der Waals surface area contributed by atoms with Crippen LogP contribution >= 0.6 is 0 Å². The number of carbonyl (C=O) groups is 1. The van der Waals surface area contributed by atoms with Gasteiger partial charge in [-0.25, -0.2) is 4.79 Å². The van der Waals surface area contributed by atoms with Gasteiger partial charge in [0.15, 0.2) is 0 Å². The van der Waals surface area contributed by atoms with Gasteiger partial charge in [-0.05, 0) is 30.9 Å². The van der Waals surface area contributed by atoms with Crippen LogP contribution in [0.3, 0.4) is 0 Å². The second-order valence-corrected chi connectivity index (χ2v) is 4.92. The van der Waals surface area contributed by atoms with Gasteiger partial charge in [0, 0.05) is 25.7 Å². The highest BCUT2D eigenvalue weighted by molar-refractivity contribution is 5.89. The smallest absolute Gasteiger partial charge is 0.325 e. The molecule has 0 bridgehead atoms. The van der Waals surface area contributed by atoms with E-state index in [4.69, 9.17) is 0 Å². The molecular formula is C13H16F3N3O. The molecule has 1 aromatic rings. The third kappa shape index (κ3) is 4.40. The van der Waals surface area contributed by atoms with E-state index in [0.29, 0.717) is 31.6 Å². The Morgan fingerprint density at radius 3 is 2.65 bits per heavy atom. The van der Waals surface area contributed by atoms with Crippen LogP contribution in [0.25, 0.3) is 0 Å². The number of rotatable bonds is 2. The highest BCUT2D eigenvalue weighted by Gasteiger charge is 2.34. The van der Waals surface area contributed by atoms with Crippen molar-refractivity contribution in [2.24, 2.45) is 5.92 Å². The lowest BCUT2D eigenvalue weighted by atomic mass is 9.93. The van der Waals surface area contributed by atoms with Gasteiger partial charge >= 0.3 is 12.2 Å². The monoisotopic (exact) mass is 287 g/mol. The summed E-state index contributed by atoms with van der Waals surface area (Å²) >= 11 is 0. The van der Waals surface area contributed by atoms with Gasteiger partial charge < -0.3 is 10.2 Å². The van der Waals surface area contributed by atoms with E-state index in [0.717, 1.165) is 0 Å². The summed E-state index contributed by atoms with van der Waals surface area (Å²) in [6, 6.07) is 3.12. The van der Waals surface area contributed by atoms with E-state index in [2.05, 4.69) is 10.3 Å². The van der Waals surface area contributed by atoms with Crippen molar-refractivity contribution in [2.45, 2.75) is 25.4 Å². The zero-order chi connectivity index (χ0) is 14.6. The summed E-state index contributed by atoms with van der Waals surface area (Å²) in [6.07, 6.45) is -0.984. The Kier molecular flexibility index (Phi) is 4.46. The molecule has 110 valence electrons. The first-order valence-electron chi connectivity index (χ1n) is 6.47. The van der Waals surface area contributed by atoms with Crippen molar-refractivity contribution in [1.29, 1.82) is 0 Å². The van der Waals surface area contributed by atoms with Crippen LogP contribution in [0.2, 0.25) is 0 Å². The fraction of sp³-hybridized carbons (Fsp3) is 0.538. The number of hydrogen-bond donors (Lipinski definition) is 1. The van der Waals surface area contributed by atoms with Crippen molar-refractivity contribution in [3.8, 4) is 0 Å². The van der Waals surface area contributed by atoms with Gasteiger partial charge in [-0.15, -0.1) is 0 Å². The van der Waals surface area contributed by atoms with Crippen LogP contribution in [0.15, 0.2) is 24.5 Å². The number of hydrogen-bond acceptors (Lipinski definition) is 2. The van der Waals surface area contributed by atoms with Gasteiger partial charge in [0.05, 0.1) is 11.9 Å². The SMILES string of the molecule is O=C(Nc1cccnc1)N1CCC(CC(F)(F)F)CC1. The molecular weight excluding hydrogens is 271 g/mol. The summed E-state index contributed by atoms with van der Waals surface area (Å²) < 4.78 is 36.9. The fourth-order valence-electron chi connectivity index (χ4n) is 2.31. The summed E-state index contributed by atoms with van der Waals surface area (Å²) in [5.74, 6) is -0.377. The Morgan fingerprint density at radius 1 is 1.40 bits per heavy atom. The Labute approximate surface area is 115 Å². The van der Waals surface area contributed by atoms with Gasteiger partial charge in [0.1, 0.15) is 0 Å². The molecule has 0 aromatic carbocycles. The molecule has 0 atom stereocenters. The standard InChI is InChI=1S/C13H16F3N3O/c14-13(15,16)8-10-3-6-19(7-4-10)12(20)18-11-2-1-5-17-9-11/h1-2,5,9-10H,3-4,6-8H2,(H,18,20). The van der Waals surface area contributed by atoms with Crippen LogP contribution in [0.1, 0.15) is 19.3 Å². The molecule has 0 radical (unpaired) electrons. The zero-order valence-corrected chi connectivity index (χ0v) is 10.9. The molecule has 2 amide bonds. The molecule has 2 heterocycles. The average molecular weight is 287 g/mol. The largest absolute Gasteiger partial charge is 0.389 e. The second kappa shape index (κ2) is 6.11. The lowest BCUT2D eigenvalue weighted by Gasteiger charge is -2.32. The zero-order valence-electron chi connectivity index (χ0n) is 10.9. The maximum Gasteiger partial charge on any atom is 0.389 e. The van der Waals surface area contributed by atoms with Crippen LogP contribution in [0, 0.1) is 5.92 Å². The molecule has 7 heteroatoms. The predicted molar refractivity (Wildman–Crippen MR) is 68.2 cm³/mol. The Hall–Kier alpha value is -1.79. The number of likely N-dealkylation sites (tertiary alicyclic amines) is 1. The highest BCUT2D eigenvalue weighted by Crippen LogP contribution is 2.30. The third-order valence-electron chi connectivity index (χ3n) is 3.33. The minimum atomic E-state index is -4.12.